The van der Waals surface area contributed by atoms with Gasteiger partial charge in [-0.3, -0.25) is 0 Å². The van der Waals surface area contributed by atoms with Gasteiger partial charge in [-0.25, -0.2) is 4.39 Å². The first-order valence-electron chi connectivity index (χ1n) is 3.90. The third kappa shape index (κ3) is 2.49. The minimum atomic E-state index is -0.213. The first-order chi connectivity index (χ1) is 6.15. The van der Waals surface area contributed by atoms with Crippen molar-refractivity contribution in [3.05, 3.63) is 40.6 Å². The Morgan fingerprint density at radius 1 is 1.54 bits per heavy atom. The SMILES string of the molecule is CS/C=C(\N)c1ccc(C)c(F)c1. The first-order valence-corrected chi connectivity index (χ1v) is 5.19. The molecular weight excluding hydrogens is 185 g/mol. The van der Waals surface area contributed by atoms with E-state index in [0.29, 0.717) is 11.3 Å². The van der Waals surface area contributed by atoms with Crippen LogP contribution < -0.4 is 5.73 Å². The van der Waals surface area contributed by atoms with E-state index < -0.39 is 0 Å². The first kappa shape index (κ1) is 10.1. The van der Waals surface area contributed by atoms with E-state index in [1.807, 2.05) is 12.3 Å². The zero-order valence-corrected chi connectivity index (χ0v) is 8.49. The standard InChI is InChI=1S/C10H12FNS/c1-7-3-4-8(5-9(7)11)10(12)6-13-2/h3-6H,12H2,1-2H3/b10-6-. The van der Waals surface area contributed by atoms with Crippen LogP contribution in [0.25, 0.3) is 5.70 Å². The Balaban J connectivity index is 3.04. The van der Waals surface area contributed by atoms with Crippen molar-refractivity contribution in [2.24, 2.45) is 5.73 Å². The van der Waals surface area contributed by atoms with Crippen LogP contribution in [-0.4, -0.2) is 6.26 Å². The van der Waals surface area contributed by atoms with Crippen LogP contribution in [0.3, 0.4) is 0 Å². The molecule has 0 aliphatic carbocycles. The molecule has 13 heavy (non-hydrogen) atoms. The lowest BCUT2D eigenvalue weighted by molar-refractivity contribution is 0.618. The number of halogens is 1. The molecule has 0 heterocycles. The van der Waals surface area contributed by atoms with E-state index in [2.05, 4.69) is 0 Å². The largest absolute Gasteiger partial charge is 0.398 e. The maximum Gasteiger partial charge on any atom is 0.126 e. The Morgan fingerprint density at radius 2 is 2.23 bits per heavy atom. The summed E-state index contributed by atoms with van der Waals surface area (Å²) in [5.41, 5.74) is 7.67. The van der Waals surface area contributed by atoms with Crippen molar-refractivity contribution in [3.63, 3.8) is 0 Å². The second kappa shape index (κ2) is 4.33. The van der Waals surface area contributed by atoms with Gasteiger partial charge in [0, 0.05) is 11.3 Å². The maximum atomic E-state index is 13.1. The highest BCUT2D eigenvalue weighted by atomic mass is 32.2. The van der Waals surface area contributed by atoms with Gasteiger partial charge >= 0.3 is 0 Å². The molecule has 2 N–H and O–H groups in total. The molecule has 0 aliphatic heterocycles. The second-order valence-electron chi connectivity index (χ2n) is 2.77. The van der Waals surface area contributed by atoms with Crippen LogP contribution >= 0.6 is 11.8 Å². The van der Waals surface area contributed by atoms with Crippen molar-refractivity contribution in [1.29, 1.82) is 0 Å². The molecule has 0 aliphatic rings. The molecule has 1 nitrogen and oxygen atoms in total. The summed E-state index contributed by atoms with van der Waals surface area (Å²) in [4.78, 5) is 0. The highest BCUT2D eigenvalue weighted by molar-refractivity contribution is 8.01. The van der Waals surface area contributed by atoms with Crippen LogP contribution in [0.15, 0.2) is 23.6 Å². The summed E-state index contributed by atoms with van der Waals surface area (Å²) in [5, 5.41) is 1.80. The summed E-state index contributed by atoms with van der Waals surface area (Å²) in [6.07, 6.45) is 1.91. The number of thioether (sulfide) groups is 1. The lowest BCUT2D eigenvalue weighted by Crippen LogP contribution is -1.96. The molecule has 0 amide bonds. The van der Waals surface area contributed by atoms with Crippen molar-refractivity contribution in [2.45, 2.75) is 6.92 Å². The van der Waals surface area contributed by atoms with E-state index in [1.165, 1.54) is 17.8 Å². The van der Waals surface area contributed by atoms with Crippen LogP contribution in [-0.2, 0) is 0 Å². The van der Waals surface area contributed by atoms with Crippen molar-refractivity contribution < 1.29 is 4.39 Å². The number of aryl methyl sites for hydroxylation is 1. The average molecular weight is 197 g/mol. The van der Waals surface area contributed by atoms with Crippen molar-refractivity contribution >= 4 is 17.5 Å². The molecule has 0 radical (unpaired) electrons. The third-order valence-electron chi connectivity index (χ3n) is 1.75. The minimum Gasteiger partial charge on any atom is -0.398 e. The topological polar surface area (TPSA) is 26.0 Å². The molecule has 1 aromatic rings. The fourth-order valence-corrected chi connectivity index (χ4v) is 1.36. The molecule has 1 rings (SSSR count). The lowest BCUT2D eigenvalue weighted by Gasteiger charge is -2.02. The van der Waals surface area contributed by atoms with Crippen LogP contribution in [0.4, 0.5) is 4.39 Å². The molecule has 1 aromatic carbocycles. The van der Waals surface area contributed by atoms with E-state index in [9.17, 15) is 4.39 Å². The molecule has 70 valence electrons. The Hall–Kier alpha value is -0.960. The van der Waals surface area contributed by atoms with Gasteiger partial charge < -0.3 is 5.73 Å². The van der Waals surface area contributed by atoms with Crippen molar-refractivity contribution in [2.75, 3.05) is 6.26 Å². The predicted molar refractivity (Wildman–Crippen MR) is 56.8 cm³/mol. The number of rotatable bonds is 2. The van der Waals surface area contributed by atoms with E-state index in [1.54, 1.807) is 18.4 Å². The number of benzene rings is 1. The molecule has 3 heteroatoms. The quantitative estimate of drug-likeness (QED) is 0.789. The molecule has 0 fully saturated rings. The van der Waals surface area contributed by atoms with Gasteiger partial charge in [0.25, 0.3) is 0 Å². The van der Waals surface area contributed by atoms with Gasteiger partial charge in [-0.15, -0.1) is 11.8 Å². The van der Waals surface area contributed by atoms with Gasteiger partial charge in [-0.05, 0) is 30.2 Å². The zero-order valence-electron chi connectivity index (χ0n) is 7.67. The van der Waals surface area contributed by atoms with Crippen LogP contribution in [0.5, 0.6) is 0 Å². The molecule has 0 aromatic heterocycles. The summed E-state index contributed by atoms with van der Waals surface area (Å²) in [6.45, 7) is 1.73. The number of nitrogens with two attached hydrogens (primary N) is 1. The Labute approximate surface area is 81.8 Å². The lowest BCUT2D eigenvalue weighted by atomic mass is 10.1. The Kier molecular flexibility index (Phi) is 3.37. The zero-order chi connectivity index (χ0) is 9.84. The van der Waals surface area contributed by atoms with Crippen molar-refractivity contribution in [3.8, 4) is 0 Å². The van der Waals surface area contributed by atoms with E-state index >= 15 is 0 Å². The highest BCUT2D eigenvalue weighted by Gasteiger charge is 2.00. The molecular formula is C10H12FNS. The molecule has 0 spiro atoms. The van der Waals surface area contributed by atoms with Gasteiger partial charge in [-0.1, -0.05) is 12.1 Å². The number of hydrogen-bond acceptors (Lipinski definition) is 2. The molecule has 0 unspecified atom stereocenters. The summed E-state index contributed by atoms with van der Waals surface area (Å²) >= 11 is 1.51. The van der Waals surface area contributed by atoms with Crippen LogP contribution in [0.2, 0.25) is 0 Å². The summed E-state index contributed by atoms with van der Waals surface area (Å²) in [6, 6.07) is 5.00. The molecule has 0 bridgehead atoms. The number of hydrogen-bond donors (Lipinski definition) is 1. The smallest absolute Gasteiger partial charge is 0.126 e. The summed E-state index contributed by atoms with van der Waals surface area (Å²) in [5.74, 6) is -0.213. The summed E-state index contributed by atoms with van der Waals surface area (Å²) in [7, 11) is 0. The van der Waals surface area contributed by atoms with Gasteiger partial charge in [-0.2, -0.15) is 0 Å². The average Bonchev–Trinajstić information content (AvgIpc) is 2.10. The second-order valence-corrected chi connectivity index (χ2v) is 3.48. The van der Waals surface area contributed by atoms with Gasteiger partial charge in [0.15, 0.2) is 0 Å². The molecule has 0 saturated heterocycles. The Morgan fingerprint density at radius 3 is 2.77 bits per heavy atom. The van der Waals surface area contributed by atoms with E-state index in [0.717, 1.165) is 5.56 Å². The normalized spacial score (nSPS) is 11.8. The minimum absolute atomic E-state index is 0.213. The van der Waals surface area contributed by atoms with Gasteiger partial charge in [0.2, 0.25) is 0 Å². The summed E-state index contributed by atoms with van der Waals surface area (Å²) < 4.78 is 13.1. The maximum absolute atomic E-state index is 13.1. The van der Waals surface area contributed by atoms with Crippen LogP contribution in [0.1, 0.15) is 11.1 Å². The van der Waals surface area contributed by atoms with Gasteiger partial charge in [0.1, 0.15) is 5.82 Å². The van der Waals surface area contributed by atoms with Gasteiger partial charge in [0.05, 0.1) is 0 Å². The van der Waals surface area contributed by atoms with Crippen LogP contribution in [0, 0.1) is 12.7 Å². The highest BCUT2D eigenvalue weighted by Crippen LogP contribution is 2.15. The fourth-order valence-electron chi connectivity index (χ4n) is 0.967. The Bertz CT molecular complexity index is 334. The monoisotopic (exact) mass is 197 g/mol. The molecule has 0 saturated carbocycles. The fraction of sp³-hybridized carbons (Fsp3) is 0.200. The van der Waals surface area contributed by atoms with Crippen molar-refractivity contribution in [1.82, 2.24) is 0 Å². The third-order valence-corrected chi connectivity index (χ3v) is 2.24. The molecule has 0 atom stereocenters. The van der Waals surface area contributed by atoms with E-state index in [-0.39, 0.29) is 5.82 Å². The van der Waals surface area contributed by atoms with E-state index in [4.69, 9.17) is 5.73 Å². The predicted octanol–water partition coefficient (Wildman–Crippen LogP) is 2.75.